The number of hydrogen-bond donors (Lipinski definition) is 0. The van der Waals surface area contributed by atoms with Gasteiger partial charge in [0.05, 0.1) is 11.4 Å². The monoisotopic (exact) mass is 229 g/mol. The molecule has 1 aromatic rings. The third-order valence-corrected chi connectivity index (χ3v) is 1.96. The molecule has 5 heteroatoms. The van der Waals surface area contributed by atoms with E-state index in [-0.39, 0.29) is 12.5 Å². The first-order valence-corrected chi connectivity index (χ1v) is 5.15. The SMILES string of the molecule is CCc1ccncc1C(=O)OOCCCl. The molecule has 0 bridgehead atoms. The minimum atomic E-state index is -0.537. The Morgan fingerprint density at radius 3 is 3.07 bits per heavy atom. The van der Waals surface area contributed by atoms with Crippen LogP contribution in [-0.2, 0) is 16.2 Å². The molecule has 0 radical (unpaired) electrons. The summed E-state index contributed by atoms with van der Waals surface area (Å²) >= 11 is 5.36. The van der Waals surface area contributed by atoms with Crippen LogP contribution in [0.4, 0.5) is 0 Å². The van der Waals surface area contributed by atoms with Crippen LogP contribution in [0.15, 0.2) is 18.5 Å². The van der Waals surface area contributed by atoms with Gasteiger partial charge in [0.25, 0.3) is 0 Å². The van der Waals surface area contributed by atoms with Crippen molar-refractivity contribution in [1.29, 1.82) is 0 Å². The lowest BCUT2D eigenvalue weighted by molar-refractivity contribution is -0.236. The molecule has 4 nitrogen and oxygen atoms in total. The normalized spacial score (nSPS) is 10.0. The van der Waals surface area contributed by atoms with Gasteiger partial charge in [-0.15, -0.1) is 11.6 Å². The Kier molecular flexibility index (Phi) is 5.07. The predicted molar refractivity (Wildman–Crippen MR) is 55.7 cm³/mol. The van der Waals surface area contributed by atoms with E-state index in [2.05, 4.69) is 14.8 Å². The molecule has 0 aromatic carbocycles. The zero-order chi connectivity index (χ0) is 11.1. The molecule has 0 atom stereocenters. The molecule has 0 unspecified atom stereocenters. The van der Waals surface area contributed by atoms with Crippen molar-refractivity contribution >= 4 is 17.6 Å². The molecule has 82 valence electrons. The van der Waals surface area contributed by atoms with Crippen LogP contribution in [-0.4, -0.2) is 23.4 Å². The van der Waals surface area contributed by atoms with E-state index in [1.54, 1.807) is 12.3 Å². The molecule has 0 N–H and O–H groups in total. The van der Waals surface area contributed by atoms with Crippen molar-refractivity contribution in [2.75, 3.05) is 12.5 Å². The van der Waals surface area contributed by atoms with E-state index >= 15 is 0 Å². The number of aryl methyl sites for hydroxylation is 1. The van der Waals surface area contributed by atoms with Crippen LogP contribution in [0.5, 0.6) is 0 Å². The predicted octanol–water partition coefficient (Wildman–Crippen LogP) is 1.97. The molecular formula is C10H12ClNO3. The maximum Gasteiger partial charge on any atom is 0.374 e. The molecule has 0 amide bonds. The van der Waals surface area contributed by atoms with Gasteiger partial charge in [-0.05, 0) is 18.1 Å². The van der Waals surface area contributed by atoms with E-state index in [1.165, 1.54) is 6.20 Å². The van der Waals surface area contributed by atoms with Crippen LogP contribution < -0.4 is 0 Å². The molecule has 0 saturated carbocycles. The summed E-state index contributed by atoms with van der Waals surface area (Å²) < 4.78 is 0. The number of alkyl halides is 1. The van der Waals surface area contributed by atoms with E-state index in [1.807, 2.05) is 6.92 Å². The molecule has 15 heavy (non-hydrogen) atoms. The van der Waals surface area contributed by atoms with Crippen molar-refractivity contribution in [3.63, 3.8) is 0 Å². The number of pyridine rings is 1. The molecule has 0 aliphatic heterocycles. The van der Waals surface area contributed by atoms with E-state index in [0.717, 1.165) is 12.0 Å². The second-order valence-corrected chi connectivity index (χ2v) is 3.15. The van der Waals surface area contributed by atoms with Gasteiger partial charge in [-0.25, -0.2) is 4.79 Å². The van der Waals surface area contributed by atoms with Crippen molar-refractivity contribution in [3.05, 3.63) is 29.6 Å². The van der Waals surface area contributed by atoms with Crippen molar-refractivity contribution < 1.29 is 14.6 Å². The summed E-state index contributed by atoms with van der Waals surface area (Å²) in [6, 6.07) is 1.78. The molecule has 1 heterocycles. The highest BCUT2D eigenvalue weighted by Crippen LogP contribution is 2.09. The third-order valence-electron chi connectivity index (χ3n) is 1.81. The number of aromatic nitrogens is 1. The van der Waals surface area contributed by atoms with E-state index in [9.17, 15) is 4.79 Å². The van der Waals surface area contributed by atoms with E-state index in [0.29, 0.717) is 5.56 Å². The standard InChI is InChI=1S/C10H12ClNO3/c1-2-8-3-5-12-7-9(8)10(13)15-14-6-4-11/h3,5,7H,2,4,6H2,1H3. The number of rotatable bonds is 5. The number of nitrogens with zero attached hydrogens (tertiary/aromatic N) is 1. The van der Waals surface area contributed by atoms with Crippen molar-refractivity contribution in [3.8, 4) is 0 Å². The lowest BCUT2D eigenvalue weighted by atomic mass is 10.1. The summed E-state index contributed by atoms with van der Waals surface area (Å²) in [7, 11) is 0. The van der Waals surface area contributed by atoms with Gasteiger partial charge >= 0.3 is 5.97 Å². The van der Waals surface area contributed by atoms with Gasteiger partial charge in [0.15, 0.2) is 0 Å². The Balaban J connectivity index is 2.64. The highest BCUT2D eigenvalue weighted by atomic mass is 35.5. The Morgan fingerprint density at radius 2 is 2.40 bits per heavy atom. The second kappa shape index (κ2) is 6.37. The van der Waals surface area contributed by atoms with Gasteiger partial charge in [0, 0.05) is 12.4 Å². The summed E-state index contributed by atoms with van der Waals surface area (Å²) in [5, 5.41) is 0. The lowest BCUT2D eigenvalue weighted by Crippen LogP contribution is -2.10. The van der Waals surface area contributed by atoms with Crippen LogP contribution in [0.1, 0.15) is 22.8 Å². The molecular weight excluding hydrogens is 218 g/mol. The van der Waals surface area contributed by atoms with Gasteiger partial charge in [-0.2, -0.15) is 4.89 Å². The molecule has 0 aliphatic carbocycles. The molecule has 0 aliphatic rings. The maximum absolute atomic E-state index is 11.5. The molecule has 0 saturated heterocycles. The number of carbonyl (C=O) groups is 1. The van der Waals surface area contributed by atoms with Gasteiger partial charge in [-0.1, -0.05) is 6.92 Å². The van der Waals surface area contributed by atoms with E-state index < -0.39 is 5.97 Å². The van der Waals surface area contributed by atoms with Crippen LogP contribution in [0, 0.1) is 0 Å². The molecule has 0 spiro atoms. The lowest BCUT2D eigenvalue weighted by Gasteiger charge is -2.05. The molecule has 0 fully saturated rings. The quantitative estimate of drug-likeness (QED) is 0.335. The minimum Gasteiger partial charge on any atom is -0.293 e. The van der Waals surface area contributed by atoms with Gasteiger partial charge in [0.2, 0.25) is 0 Å². The highest BCUT2D eigenvalue weighted by molar-refractivity contribution is 6.17. The van der Waals surface area contributed by atoms with E-state index in [4.69, 9.17) is 11.6 Å². The second-order valence-electron chi connectivity index (χ2n) is 2.77. The average molecular weight is 230 g/mol. The number of halogens is 1. The smallest absolute Gasteiger partial charge is 0.293 e. The molecule has 1 rings (SSSR count). The highest BCUT2D eigenvalue weighted by Gasteiger charge is 2.12. The Hall–Kier alpha value is -1.13. The van der Waals surface area contributed by atoms with Crippen molar-refractivity contribution in [2.45, 2.75) is 13.3 Å². The summed E-state index contributed by atoms with van der Waals surface area (Å²) in [6.45, 7) is 2.13. The largest absolute Gasteiger partial charge is 0.374 e. The number of carbonyl (C=O) groups excluding carboxylic acids is 1. The van der Waals surface area contributed by atoms with Crippen LogP contribution in [0.3, 0.4) is 0 Å². The summed E-state index contributed by atoms with van der Waals surface area (Å²) in [4.78, 5) is 24.5. The Bertz CT molecular complexity index is 330. The minimum absolute atomic E-state index is 0.176. The average Bonchev–Trinajstić information content (AvgIpc) is 2.29. The number of hydrogen-bond acceptors (Lipinski definition) is 4. The maximum atomic E-state index is 11.5. The fourth-order valence-corrected chi connectivity index (χ4v) is 1.15. The first-order chi connectivity index (χ1) is 7.29. The van der Waals surface area contributed by atoms with Crippen molar-refractivity contribution in [2.24, 2.45) is 0 Å². The third kappa shape index (κ3) is 3.49. The van der Waals surface area contributed by atoms with Gasteiger partial charge < -0.3 is 0 Å². The molecule has 1 aromatic heterocycles. The first kappa shape index (κ1) is 11.9. The Morgan fingerprint density at radius 1 is 1.60 bits per heavy atom. The summed E-state index contributed by atoms with van der Waals surface area (Å²) in [5.74, 6) is -0.258. The zero-order valence-corrected chi connectivity index (χ0v) is 9.16. The fraction of sp³-hybridized carbons (Fsp3) is 0.400. The Labute approximate surface area is 93.1 Å². The van der Waals surface area contributed by atoms with Crippen LogP contribution in [0.2, 0.25) is 0 Å². The fourth-order valence-electron chi connectivity index (χ4n) is 1.09. The van der Waals surface area contributed by atoms with Crippen LogP contribution in [0.25, 0.3) is 0 Å². The van der Waals surface area contributed by atoms with Gasteiger partial charge in [-0.3, -0.25) is 9.87 Å². The topological polar surface area (TPSA) is 48.4 Å². The van der Waals surface area contributed by atoms with Crippen LogP contribution >= 0.6 is 11.6 Å². The zero-order valence-electron chi connectivity index (χ0n) is 8.40. The first-order valence-electron chi connectivity index (χ1n) is 4.62. The summed E-state index contributed by atoms with van der Waals surface area (Å²) in [6.07, 6.45) is 3.84. The van der Waals surface area contributed by atoms with Gasteiger partial charge in [0.1, 0.15) is 6.61 Å². The van der Waals surface area contributed by atoms with Crippen molar-refractivity contribution in [1.82, 2.24) is 4.98 Å². The summed E-state index contributed by atoms with van der Waals surface area (Å²) in [5.41, 5.74) is 1.30.